The third kappa shape index (κ3) is 13.3. The van der Waals surface area contributed by atoms with Crippen molar-refractivity contribution in [3.63, 3.8) is 0 Å². The molecule has 0 saturated carbocycles. The summed E-state index contributed by atoms with van der Waals surface area (Å²) < 4.78 is 118. The number of rotatable bonds is 20. The first kappa shape index (κ1) is 50.0. The van der Waals surface area contributed by atoms with E-state index < -0.39 is 45.1 Å². The number of nitrogens with zero attached hydrogens (tertiary/aromatic N) is 6. The molecule has 0 fully saturated rings. The van der Waals surface area contributed by atoms with E-state index in [-0.39, 0.29) is 90.3 Å². The van der Waals surface area contributed by atoms with Crippen molar-refractivity contribution in [1.29, 1.82) is 0 Å². The summed E-state index contributed by atoms with van der Waals surface area (Å²) in [6.45, 7) is 1.03. The lowest BCUT2D eigenvalue weighted by molar-refractivity contribution is -0.139. The number of nitrogens with one attached hydrogen (secondary N) is 5. The van der Waals surface area contributed by atoms with E-state index in [0.717, 1.165) is 6.26 Å². The van der Waals surface area contributed by atoms with Gasteiger partial charge in [0.15, 0.2) is 23.3 Å². The molecule has 6 aromatic rings. The van der Waals surface area contributed by atoms with Crippen LogP contribution in [0.15, 0.2) is 79.1 Å². The maximum absolute atomic E-state index is 14.2. The molecule has 3 aromatic heterocycles. The van der Waals surface area contributed by atoms with Crippen LogP contribution in [0, 0.1) is 6.92 Å². The summed E-state index contributed by atoms with van der Waals surface area (Å²) in [5.74, 6) is -0.214. The zero-order valence-electron chi connectivity index (χ0n) is 35.7. The number of methoxy groups -OCH3 is 3. The van der Waals surface area contributed by atoms with Gasteiger partial charge in [-0.25, -0.2) is 26.8 Å². The van der Waals surface area contributed by atoms with E-state index in [1.165, 1.54) is 76.2 Å². The third-order valence-corrected chi connectivity index (χ3v) is 12.4. The summed E-state index contributed by atoms with van der Waals surface area (Å²) in [6, 6.07) is 16.3. The number of ether oxygens (including phenoxy) is 4. The number of halogens is 6. The summed E-state index contributed by atoms with van der Waals surface area (Å²) >= 11 is 19.3. The molecule has 0 aliphatic carbocycles. The van der Waals surface area contributed by atoms with E-state index in [4.69, 9.17) is 53.8 Å². The highest BCUT2D eigenvalue weighted by atomic mass is 35.5. The number of hydrogen-bond donors (Lipinski definition) is 5. The van der Waals surface area contributed by atoms with Crippen LogP contribution in [0.4, 0.5) is 71.0 Å². The minimum absolute atomic E-state index is 0.00351. The Balaban J connectivity index is 1.28. The molecule has 5 N–H and O–H groups in total. The van der Waals surface area contributed by atoms with Crippen molar-refractivity contribution in [1.82, 2.24) is 24.9 Å². The van der Waals surface area contributed by atoms with Crippen LogP contribution in [0.5, 0.6) is 23.1 Å². The SMILES string of the molecule is COc1ccc(Nc2nc(Nc3nc(OC)ccc3Cl)ncc2Cl)c(NS(=O)(=O)CN(c2cc(OC)ccc2Nc2nc(Nc3cccc(OCCC(F)(F)F)c3C)ncc2Cl)S(C)(=O)=O)c1. The number of benzene rings is 3. The third-order valence-electron chi connectivity index (χ3n) is 9.08. The lowest BCUT2D eigenvalue weighted by atomic mass is 10.2. The zero-order valence-corrected chi connectivity index (χ0v) is 39.6. The first-order chi connectivity index (χ1) is 31.6. The van der Waals surface area contributed by atoms with Crippen LogP contribution >= 0.6 is 34.8 Å². The molecule has 67 heavy (non-hydrogen) atoms. The second kappa shape index (κ2) is 21.0. The number of aromatic nitrogens is 5. The van der Waals surface area contributed by atoms with Gasteiger partial charge in [0.1, 0.15) is 27.3 Å². The van der Waals surface area contributed by atoms with Gasteiger partial charge in [-0.3, -0.25) is 9.03 Å². The molecule has 0 amide bonds. The average molecular weight is 1030 g/mol. The summed E-state index contributed by atoms with van der Waals surface area (Å²) in [5.41, 5.74) is 0.688. The van der Waals surface area contributed by atoms with Crippen molar-refractivity contribution < 1.29 is 49.0 Å². The molecule has 3 heterocycles. The molecule has 6 rings (SSSR count). The van der Waals surface area contributed by atoms with Gasteiger partial charge in [0.25, 0.3) is 10.0 Å². The van der Waals surface area contributed by atoms with Gasteiger partial charge in [-0.1, -0.05) is 40.9 Å². The first-order valence-corrected chi connectivity index (χ1v) is 23.8. The molecule has 19 nitrogen and oxygen atoms in total. The van der Waals surface area contributed by atoms with Crippen LogP contribution < -0.4 is 49.2 Å². The molecular weight excluding hydrogens is 990 g/mol. The molecule has 0 aliphatic heterocycles. The van der Waals surface area contributed by atoms with Gasteiger partial charge in [-0.15, -0.1) is 0 Å². The number of hydrogen-bond acceptors (Lipinski definition) is 17. The van der Waals surface area contributed by atoms with Gasteiger partial charge in [-0.05, 0) is 49.4 Å². The van der Waals surface area contributed by atoms with Gasteiger partial charge in [0.05, 0.1) is 80.8 Å². The average Bonchev–Trinajstić information content (AvgIpc) is 3.27. The Labute approximate surface area is 397 Å². The van der Waals surface area contributed by atoms with Crippen molar-refractivity contribution in [2.24, 2.45) is 0 Å². The maximum Gasteiger partial charge on any atom is 0.392 e. The first-order valence-electron chi connectivity index (χ1n) is 19.1. The molecule has 0 spiro atoms. The largest absolute Gasteiger partial charge is 0.497 e. The standard InChI is InChI=1S/C40H39Cl3F3N11O8S2/c1-22-28(7-6-8-33(22)65-16-15-40(44,45)46)51-38-47-19-27(43)37(54-38)50-30-13-10-24(63-3)18-32(30)57(66(5,58)59)21-67(60,61)56-31-17-23(62-2)9-12-29(31)49-36-26(42)20-48-39(55-36)53-35-25(41)11-14-34(52-35)64-4/h6-14,17-20,56H,15-16,21H2,1-5H3,(H2,47,50,51,54)(H2,48,49,52,53,55). The second-order valence-corrected chi connectivity index (χ2v) is 18.7. The minimum atomic E-state index is -4.66. The highest BCUT2D eigenvalue weighted by molar-refractivity contribution is 7.96. The van der Waals surface area contributed by atoms with E-state index in [1.807, 2.05) is 0 Å². The Hall–Kier alpha value is -6.47. The van der Waals surface area contributed by atoms with Gasteiger partial charge >= 0.3 is 6.18 Å². The molecule has 0 bridgehead atoms. The monoisotopic (exact) mass is 1030 g/mol. The Morgan fingerprint density at radius 2 is 1.27 bits per heavy atom. The van der Waals surface area contributed by atoms with Crippen molar-refractivity contribution in [2.45, 2.75) is 19.5 Å². The highest BCUT2D eigenvalue weighted by Gasteiger charge is 2.30. The van der Waals surface area contributed by atoms with E-state index in [0.29, 0.717) is 15.6 Å². The quantitative estimate of drug-likeness (QED) is 0.0479. The van der Waals surface area contributed by atoms with Crippen molar-refractivity contribution >= 4 is 113 Å². The highest BCUT2D eigenvalue weighted by Crippen LogP contribution is 2.38. The van der Waals surface area contributed by atoms with Crippen LogP contribution in [0.1, 0.15) is 12.0 Å². The molecular formula is C40H39Cl3F3N11O8S2. The molecule has 0 unspecified atom stereocenters. The Kier molecular flexibility index (Phi) is 15.7. The molecule has 0 radical (unpaired) electrons. The molecule has 0 atom stereocenters. The second-order valence-electron chi connectivity index (χ2n) is 13.9. The zero-order chi connectivity index (χ0) is 48.7. The number of sulfonamides is 2. The van der Waals surface area contributed by atoms with Crippen LogP contribution in [-0.2, 0) is 20.0 Å². The molecule has 0 saturated heterocycles. The summed E-state index contributed by atoms with van der Waals surface area (Å²) in [5, 5.41) is 12.0. The van der Waals surface area contributed by atoms with Crippen molar-refractivity contribution in [2.75, 3.05) is 70.4 Å². The Morgan fingerprint density at radius 3 is 1.88 bits per heavy atom. The topological polar surface area (TPSA) is 233 Å². The summed E-state index contributed by atoms with van der Waals surface area (Å²) in [6.07, 6.45) is -2.22. The van der Waals surface area contributed by atoms with E-state index >= 15 is 0 Å². The molecule has 27 heteroatoms. The van der Waals surface area contributed by atoms with Crippen LogP contribution in [0.25, 0.3) is 0 Å². The van der Waals surface area contributed by atoms with E-state index in [2.05, 4.69) is 50.9 Å². The number of anilines is 10. The molecule has 0 aliphatic rings. The Morgan fingerprint density at radius 1 is 0.672 bits per heavy atom. The lowest BCUT2D eigenvalue weighted by Crippen LogP contribution is -2.37. The fraction of sp³-hybridized carbons (Fsp3) is 0.225. The van der Waals surface area contributed by atoms with E-state index in [9.17, 15) is 30.0 Å². The van der Waals surface area contributed by atoms with Gasteiger partial charge in [-0.2, -0.15) is 28.1 Å². The number of alkyl halides is 3. The van der Waals surface area contributed by atoms with Crippen molar-refractivity contribution in [3.05, 3.63) is 99.8 Å². The lowest BCUT2D eigenvalue weighted by Gasteiger charge is -2.26. The normalized spacial score (nSPS) is 11.6. The minimum Gasteiger partial charge on any atom is -0.497 e. The summed E-state index contributed by atoms with van der Waals surface area (Å²) in [7, 11) is -4.95. The summed E-state index contributed by atoms with van der Waals surface area (Å²) in [4.78, 5) is 21.4. The van der Waals surface area contributed by atoms with Gasteiger partial charge in [0.2, 0.25) is 27.8 Å². The Bertz CT molecular complexity index is 3000. The van der Waals surface area contributed by atoms with Crippen LogP contribution in [0.2, 0.25) is 15.1 Å². The van der Waals surface area contributed by atoms with Crippen LogP contribution in [-0.4, -0.2) is 88.0 Å². The van der Waals surface area contributed by atoms with Crippen LogP contribution in [0.3, 0.4) is 0 Å². The molecule has 3 aromatic carbocycles. The number of pyridine rings is 1. The van der Waals surface area contributed by atoms with Crippen molar-refractivity contribution in [3.8, 4) is 23.1 Å². The fourth-order valence-electron chi connectivity index (χ4n) is 5.81. The predicted octanol–water partition coefficient (Wildman–Crippen LogP) is 9.43. The fourth-order valence-corrected chi connectivity index (χ4v) is 8.95. The smallest absolute Gasteiger partial charge is 0.392 e. The predicted molar refractivity (Wildman–Crippen MR) is 251 cm³/mol. The van der Waals surface area contributed by atoms with E-state index in [1.54, 1.807) is 31.2 Å². The maximum atomic E-state index is 14.2. The van der Waals surface area contributed by atoms with Gasteiger partial charge in [0, 0.05) is 29.4 Å². The van der Waals surface area contributed by atoms with Gasteiger partial charge < -0.3 is 40.2 Å². The molecule has 356 valence electrons.